The maximum Gasteiger partial charge on any atom is 0.350 e. The Kier molecular flexibility index (Phi) is 5.84. The summed E-state index contributed by atoms with van der Waals surface area (Å²) < 4.78 is 11.3. The van der Waals surface area contributed by atoms with Gasteiger partial charge in [0.2, 0.25) is 5.76 Å². The van der Waals surface area contributed by atoms with Crippen molar-refractivity contribution in [3.05, 3.63) is 103 Å². The van der Waals surface area contributed by atoms with Gasteiger partial charge in [-0.15, -0.1) is 0 Å². The van der Waals surface area contributed by atoms with Crippen LogP contribution in [0.1, 0.15) is 59.8 Å². The SMILES string of the molecule is C=CCOC(=O)c1sc(N2C(=O)c3oc4cc(C)c(C)cc4c(=O)c3C2c2ccc(C)cc2)nc1C. The van der Waals surface area contributed by atoms with Crippen LogP contribution in [0.4, 0.5) is 5.13 Å². The summed E-state index contributed by atoms with van der Waals surface area (Å²) in [6.07, 6.45) is 1.48. The van der Waals surface area contributed by atoms with Crippen molar-refractivity contribution in [1.82, 2.24) is 4.98 Å². The molecule has 4 aromatic rings. The van der Waals surface area contributed by atoms with Crippen LogP contribution in [0.3, 0.4) is 0 Å². The number of benzene rings is 2. The van der Waals surface area contributed by atoms with Crippen LogP contribution >= 0.6 is 11.3 Å². The summed E-state index contributed by atoms with van der Waals surface area (Å²) in [4.78, 5) is 46.4. The van der Waals surface area contributed by atoms with Gasteiger partial charge in [0, 0.05) is 0 Å². The van der Waals surface area contributed by atoms with Gasteiger partial charge in [0.05, 0.1) is 22.7 Å². The summed E-state index contributed by atoms with van der Waals surface area (Å²) in [5.41, 5.74) is 4.52. The lowest BCUT2D eigenvalue weighted by molar-refractivity contribution is 0.0554. The maximum atomic E-state index is 13.8. The molecule has 1 aliphatic heterocycles. The molecular formula is C28H24N2O5S. The summed E-state index contributed by atoms with van der Waals surface area (Å²) in [5.74, 6) is -1.03. The fourth-order valence-electron chi connectivity index (χ4n) is 4.36. The predicted octanol–water partition coefficient (Wildman–Crippen LogP) is 5.58. The van der Waals surface area contributed by atoms with E-state index in [1.165, 1.54) is 11.0 Å². The minimum Gasteiger partial charge on any atom is -0.457 e. The first-order chi connectivity index (χ1) is 17.2. The molecular weight excluding hydrogens is 476 g/mol. The van der Waals surface area contributed by atoms with E-state index < -0.39 is 17.9 Å². The second-order valence-electron chi connectivity index (χ2n) is 8.89. The van der Waals surface area contributed by atoms with Crippen LogP contribution in [0.25, 0.3) is 11.0 Å². The Morgan fingerprint density at radius 2 is 1.83 bits per heavy atom. The van der Waals surface area contributed by atoms with Crippen LogP contribution in [-0.4, -0.2) is 23.5 Å². The number of hydrogen-bond acceptors (Lipinski definition) is 7. The number of amides is 1. The van der Waals surface area contributed by atoms with Crippen LogP contribution in [0.2, 0.25) is 0 Å². The van der Waals surface area contributed by atoms with E-state index in [4.69, 9.17) is 9.15 Å². The number of rotatable bonds is 5. The molecule has 0 radical (unpaired) electrons. The van der Waals surface area contributed by atoms with Gasteiger partial charge in [-0.3, -0.25) is 14.5 Å². The lowest BCUT2D eigenvalue weighted by atomic mass is 9.97. The summed E-state index contributed by atoms with van der Waals surface area (Å²) in [7, 11) is 0. The molecule has 1 amide bonds. The molecule has 0 spiro atoms. The van der Waals surface area contributed by atoms with Crippen LogP contribution in [0.15, 0.2) is 58.3 Å². The smallest absolute Gasteiger partial charge is 0.350 e. The fraction of sp³-hybridized carbons (Fsp3) is 0.214. The minimum atomic E-state index is -0.752. The van der Waals surface area contributed by atoms with Crippen molar-refractivity contribution >= 4 is 39.3 Å². The molecule has 0 bridgehead atoms. The Morgan fingerprint density at radius 3 is 2.53 bits per heavy atom. The van der Waals surface area contributed by atoms with Gasteiger partial charge < -0.3 is 9.15 Å². The number of hydrogen-bond donors (Lipinski definition) is 0. The van der Waals surface area contributed by atoms with E-state index >= 15 is 0 Å². The zero-order valence-electron chi connectivity index (χ0n) is 20.4. The van der Waals surface area contributed by atoms with Crippen molar-refractivity contribution in [1.29, 1.82) is 0 Å². The number of aryl methyl sites for hydroxylation is 4. The third-order valence-electron chi connectivity index (χ3n) is 6.39. The molecule has 0 fully saturated rings. The van der Waals surface area contributed by atoms with Gasteiger partial charge in [0.15, 0.2) is 10.6 Å². The number of ether oxygens (including phenoxy) is 1. The van der Waals surface area contributed by atoms with Crippen molar-refractivity contribution in [3.8, 4) is 0 Å². The highest BCUT2D eigenvalue weighted by Crippen LogP contribution is 2.43. The van der Waals surface area contributed by atoms with E-state index in [2.05, 4.69) is 11.6 Å². The van der Waals surface area contributed by atoms with Crippen LogP contribution < -0.4 is 10.3 Å². The number of fused-ring (bicyclic) bond motifs is 2. The Bertz CT molecular complexity index is 1610. The molecule has 7 nitrogen and oxygen atoms in total. The molecule has 1 atom stereocenters. The molecule has 182 valence electrons. The molecule has 2 aromatic heterocycles. The molecule has 2 aromatic carbocycles. The zero-order chi connectivity index (χ0) is 25.7. The van der Waals surface area contributed by atoms with E-state index in [-0.39, 0.29) is 33.4 Å². The molecule has 0 aliphatic carbocycles. The molecule has 1 aliphatic rings. The second-order valence-corrected chi connectivity index (χ2v) is 9.87. The molecule has 8 heteroatoms. The monoisotopic (exact) mass is 500 g/mol. The first-order valence-electron chi connectivity index (χ1n) is 11.4. The van der Waals surface area contributed by atoms with E-state index in [1.54, 1.807) is 19.1 Å². The number of esters is 1. The minimum absolute atomic E-state index is 0.00929. The van der Waals surface area contributed by atoms with Crippen molar-refractivity contribution in [3.63, 3.8) is 0 Å². The van der Waals surface area contributed by atoms with Gasteiger partial charge in [0.1, 0.15) is 17.1 Å². The lowest BCUT2D eigenvalue weighted by Crippen LogP contribution is -2.29. The maximum absolute atomic E-state index is 13.8. The first kappa shape index (κ1) is 23.7. The van der Waals surface area contributed by atoms with Crippen LogP contribution in [0, 0.1) is 27.7 Å². The molecule has 3 heterocycles. The summed E-state index contributed by atoms with van der Waals surface area (Å²) in [6, 6.07) is 10.5. The van der Waals surface area contributed by atoms with Gasteiger partial charge in [-0.1, -0.05) is 53.8 Å². The molecule has 0 saturated heterocycles. The quantitative estimate of drug-likeness (QED) is 0.263. The normalized spacial score (nSPS) is 14.8. The third kappa shape index (κ3) is 3.74. The Labute approximate surface area is 211 Å². The summed E-state index contributed by atoms with van der Waals surface area (Å²) in [5, 5.41) is 0.712. The van der Waals surface area contributed by atoms with Gasteiger partial charge >= 0.3 is 5.97 Å². The van der Waals surface area contributed by atoms with Crippen molar-refractivity contribution in [2.45, 2.75) is 33.7 Å². The van der Waals surface area contributed by atoms with E-state index in [0.717, 1.165) is 33.6 Å². The third-order valence-corrected chi connectivity index (χ3v) is 7.53. The standard InChI is InChI=1S/C28H24N2O5S/c1-6-11-34-27(33)25-17(5)29-28(36-25)30-22(18-9-7-14(2)8-10-18)21-23(31)19-12-15(3)16(4)13-20(19)35-24(21)26(30)32/h6-10,12-13,22H,1,11H2,2-5H3. The van der Waals surface area contributed by atoms with Gasteiger partial charge in [0.25, 0.3) is 5.91 Å². The molecule has 5 rings (SSSR count). The fourth-order valence-corrected chi connectivity index (χ4v) is 5.35. The van der Waals surface area contributed by atoms with Crippen molar-refractivity contribution in [2.75, 3.05) is 11.5 Å². The van der Waals surface area contributed by atoms with Crippen molar-refractivity contribution in [2.24, 2.45) is 0 Å². The van der Waals surface area contributed by atoms with Crippen LogP contribution in [-0.2, 0) is 4.74 Å². The second kappa shape index (κ2) is 8.87. The molecule has 1 unspecified atom stereocenters. The Morgan fingerprint density at radius 1 is 1.14 bits per heavy atom. The number of anilines is 1. The Hall–Kier alpha value is -4.04. The highest BCUT2D eigenvalue weighted by molar-refractivity contribution is 7.17. The van der Waals surface area contributed by atoms with E-state index in [1.807, 2.05) is 45.0 Å². The number of carbonyl (C=O) groups excluding carboxylic acids is 2. The average molecular weight is 501 g/mol. The molecule has 0 N–H and O–H groups in total. The molecule has 36 heavy (non-hydrogen) atoms. The van der Waals surface area contributed by atoms with Gasteiger partial charge in [-0.25, -0.2) is 9.78 Å². The Balaban J connectivity index is 1.73. The van der Waals surface area contributed by atoms with Crippen LogP contribution in [0.5, 0.6) is 0 Å². The number of nitrogens with zero attached hydrogens (tertiary/aromatic N) is 2. The summed E-state index contributed by atoms with van der Waals surface area (Å²) in [6.45, 7) is 11.1. The van der Waals surface area contributed by atoms with E-state index in [0.29, 0.717) is 16.7 Å². The number of carbonyl (C=O) groups is 2. The first-order valence-corrected chi connectivity index (χ1v) is 12.3. The highest BCUT2D eigenvalue weighted by atomic mass is 32.1. The largest absolute Gasteiger partial charge is 0.457 e. The van der Waals surface area contributed by atoms with E-state index in [9.17, 15) is 14.4 Å². The topological polar surface area (TPSA) is 89.7 Å². The van der Waals surface area contributed by atoms with Gasteiger partial charge in [-0.05, 0) is 56.5 Å². The number of thiazole rings is 1. The molecule has 0 saturated carbocycles. The van der Waals surface area contributed by atoms with Crippen molar-refractivity contribution < 1.29 is 18.7 Å². The number of aromatic nitrogens is 1. The predicted molar refractivity (Wildman–Crippen MR) is 139 cm³/mol. The lowest BCUT2D eigenvalue weighted by Gasteiger charge is -2.22. The van der Waals surface area contributed by atoms with Gasteiger partial charge in [-0.2, -0.15) is 0 Å². The average Bonchev–Trinajstić information content (AvgIpc) is 3.37. The zero-order valence-corrected chi connectivity index (χ0v) is 21.2. The highest BCUT2D eigenvalue weighted by Gasteiger charge is 2.45. The summed E-state index contributed by atoms with van der Waals surface area (Å²) >= 11 is 1.05.